The Hall–Kier alpha value is -4.27. The molecule has 1 unspecified atom stereocenters. The number of hydrogen-bond donors (Lipinski definition) is 1. The number of anilines is 1. The standard InChI is InChI=1S/C28H27F6N5O4/c1-3-5-11-20(18-12-13-18)35-23-19(27(29,30)31)15-21(39(40)41)22(36-23)24-37-38-25(43-24)26(14-4-2,28(32,33)34)42-16-17-9-7-6-8-10-17/h3-4,6-10,15,18,20H,1-2,5,11-14,16H2,(H,35,36)/t20?,26-/m1/s1. The molecule has 1 saturated carbocycles. The zero-order valence-electron chi connectivity index (χ0n) is 22.6. The molecule has 9 nitrogen and oxygen atoms in total. The molecule has 2 atom stereocenters. The summed E-state index contributed by atoms with van der Waals surface area (Å²) in [6, 6.07) is 7.70. The molecular weight excluding hydrogens is 584 g/mol. The van der Waals surface area contributed by atoms with Crippen LogP contribution >= 0.6 is 0 Å². The van der Waals surface area contributed by atoms with E-state index in [2.05, 4.69) is 33.7 Å². The number of nitrogens with one attached hydrogen (secondary N) is 1. The number of ether oxygens (including phenoxy) is 1. The molecule has 0 radical (unpaired) electrons. The van der Waals surface area contributed by atoms with Gasteiger partial charge in [0, 0.05) is 18.5 Å². The Morgan fingerprint density at radius 2 is 1.81 bits per heavy atom. The van der Waals surface area contributed by atoms with Gasteiger partial charge in [-0.15, -0.1) is 23.4 Å². The molecule has 0 spiro atoms. The molecule has 2 aromatic heterocycles. The molecule has 0 saturated heterocycles. The number of benzene rings is 1. The van der Waals surface area contributed by atoms with Crippen molar-refractivity contribution >= 4 is 11.5 Å². The van der Waals surface area contributed by atoms with E-state index in [4.69, 9.17) is 9.15 Å². The monoisotopic (exact) mass is 611 g/mol. The number of pyridine rings is 1. The van der Waals surface area contributed by atoms with Crippen molar-refractivity contribution in [1.29, 1.82) is 0 Å². The number of nitrogens with zero attached hydrogens (tertiary/aromatic N) is 4. The van der Waals surface area contributed by atoms with Gasteiger partial charge in [0.15, 0.2) is 0 Å². The van der Waals surface area contributed by atoms with Crippen molar-refractivity contribution in [3.63, 3.8) is 0 Å². The summed E-state index contributed by atoms with van der Waals surface area (Å²) in [5.41, 5.74) is -6.28. The van der Waals surface area contributed by atoms with Gasteiger partial charge in [-0.2, -0.15) is 26.3 Å². The average molecular weight is 612 g/mol. The third-order valence-electron chi connectivity index (χ3n) is 6.89. The molecule has 1 aromatic carbocycles. The van der Waals surface area contributed by atoms with Crippen molar-refractivity contribution in [2.24, 2.45) is 5.92 Å². The smallest absolute Gasteiger partial charge is 0.415 e. The zero-order chi connectivity index (χ0) is 31.4. The van der Waals surface area contributed by atoms with E-state index in [1.807, 2.05) is 0 Å². The van der Waals surface area contributed by atoms with Crippen LogP contribution in [0.2, 0.25) is 0 Å². The summed E-state index contributed by atoms with van der Waals surface area (Å²) in [5.74, 6) is -2.72. The molecule has 0 aliphatic heterocycles. The lowest BCUT2D eigenvalue weighted by molar-refractivity contribution is -0.384. The van der Waals surface area contributed by atoms with Crippen molar-refractivity contribution in [2.45, 2.75) is 62.7 Å². The fraction of sp³-hybridized carbons (Fsp3) is 0.393. The Morgan fingerprint density at radius 1 is 1.12 bits per heavy atom. The highest BCUT2D eigenvalue weighted by Gasteiger charge is 2.61. The maximum absolute atomic E-state index is 14.6. The van der Waals surface area contributed by atoms with E-state index in [1.54, 1.807) is 24.3 Å². The minimum Gasteiger partial charge on any atom is -0.415 e. The molecule has 230 valence electrons. The van der Waals surface area contributed by atoms with Crippen LogP contribution in [0.3, 0.4) is 0 Å². The summed E-state index contributed by atoms with van der Waals surface area (Å²) in [6.07, 6.45) is -6.14. The van der Waals surface area contributed by atoms with E-state index in [0.717, 1.165) is 18.9 Å². The summed E-state index contributed by atoms with van der Waals surface area (Å²) in [7, 11) is 0. The Balaban J connectivity index is 1.82. The van der Waals surface area contributed by atoms with E-state index >= 15 is 0 Å². The lowest BCUT2D eigenvalue weighted by Gasteiger charge is -2.31. The Morgan fingerprint density at radius 3 is 2.37 bits per heavy atom. The molecular formula is C28H27F6N5O4. The van der Waals surface area contributed by atoms with Crippen LogP contribution in [0.15, 0.2) is 66.1 Å². The highest BCUT2D eigenvalue weighted by Crippen LogP contribution is 2.47. The van der Waals surface area contributed by atoms with Gasteiger partial charge in [0.1, 0.15) is 11.4 Å². The lowest BCUT2D eigenvalue weighted by atomic mass is 9.98. The van der Waals surface area contributed by atoms with E-state index < -0.39 is 76.5 Å². The van der Waals surface area contributed by atoms with Gasteiger partial charge in [0.05, 0.1) is 11.5 Å². The van der Waals surface area contributed by atoms with Crippen molar-refractivity contribution in [3.05, 3.63) is 88.8 Å². The summed E-state index contributed by atoms with van der Waals surface area (Å²) in [6.45, 7) is 6.45. The molecule has 43 heavy (non-hydrogen) atoms. The Kier molecular flexibility index (Phi) is 9.23. The van der Waals surface area contributed by atoms with Crippen LogP contribution in [0.1, 0.15) is 49.1 Å². The first-order valence-corrected chi connectivity index (χ1v) is 13.1. The number of alkyl halides is 6. The van der Waals surface area contributed by atoms with Crippen molar-refractivity contribution in [2.75, 3.05) is 5.32 Å². The SMILES string of the molecule is C=CCCC(Nc1nc(-c2nnc([C@@](CC=C)(OCc3ccccc3)C(F)(F)F)o2)c([N+](=O)[O-])cc1C(F)(F)F)C1CC1. The minimum atomic E-state index is -5.14. The fourth-order valence-electron chi connectivity index (χ4n) is 4.52. The topological polar surface area (TPSA) is 116 Å². The van der Waals surface area contributed by atoms with Crippen LogP contribution in [-0.2, 0) is 23.1 Å². The summed E-state index contributed by atoms with van der Waals surface area (Å²) < 4.78 is 96.4. The van der Waals surface area contributed by atoms with Gasteiger partial charge >= 0.3 is 18.0 Å². The largest absolute Gasteiger partial charge is 0.426 e. The third kappa shape index (κ3) is 7.04. The van der Waals surface area contributed by atoms with E-state index in [0.29, 0.717) is 18.4 Å². The number of nitro groups is 1. The predicted octanol–water partition coefficient (Wildman–Crippen LogP) is 7.77. The Labute approximate surface area is 241 Å². The number of hydrogen-bond acceptors (Lipinski definition) is 8. The lowest BCUT2D eigenvalue weighted by Crippen LogP contribution is -2.45. The molecule has 1 aliphatic rings. The van der Waals surface area contributed by atoms with Crippen LogP contribution in [0.4, 0.5) is 37.8 Å². The second-order valence-electron chi connectivity index (χ2n) is 9.97. The van der Waals surface area contributed by atoms with Gasteiger partial charge in [0.25, 0.3) is 11.8 Å². The van der Waals surface area contributed by atoms with Gasteiger partial charge in [-0.25, -0.2) is 4.98 Å². The molecule has 1 aliphatic carbocycles. The maximum Gasteiger partial charge on any atom is 0.426 e. The van der Waals surface area contributed by atoms with Gasteiger partial charge in [0.2, 0.25) is 11.3 Å². The highest BCUT2D eigenvalue weighted by atomic mass is 19.4. The van der Waals surface area contributed by atoms with Gasteiger partial charge < -0.3 is 14.5 Å². The first-order chi connectivity index (χ1) is 20.3. The quantitative estimate of drug-likeness (QED) is 0.0851. The zero-order valence-corrected chi connectivity index (χ0v) is 22.6. The first-order valence-electron chi connectivity index (χ1n) is 13.1. The molecule has 4 rings (SSSR count). The summed E-state index contributed by atoms with van der Waals surface area (Å²) >= 11 is 0. The van der Waals surface area contributed by atoms with E-state index in [1.165, 1.54) is 12.1 Å². The number of allylic oxidation sites excluding steroid dienone is 1. The predicted molar refractivity (Wildman–Crippen MR) is 143 cm³/mol. The van der Waals surface area contributed by atoms with Crippen LogP contribution in [0, 0.1) is 16.0 Å². The summed E-state index contributed by atoms with van der Waals surface area (Å²) in [5, 5.41) is 21.6. The highest BCUT2D eigenvalue weighted by molar-refractivity contribution is 5.68. The average Bonchev–Trinajstić information content (AvgIpc) is 3.68. The Bertz CT molecular complexity index is 1460. The first kappa shape index (κ1) is 31.7. The van der Waals surface area contributed by atoms with Gasteiger partial charge in [-0.05, 0) is 37.2 Å². The number of rotatable bonds is 14. The van der Waals surface area contributed by atoms with E-state index in [-0.39, 0.29) is 12.0 Å². The number of aromatic nitrogens is 3. The van der Waals surface area contributed by atoms with Crippen LogP contribution in [0.25, 0.3) is 11.6 Å². The third-order valence-corrected chi connectivity index (χ3v) is 6.89. The summed E-state index contributed by atoms with van der Waals surface area (Å²) in [4.78, 5) is 14.5. The second-order valence-corrected chi connectivity index (χ2v) is 9.97. The van der Waals surface area contributed by atoms with Crippen molar-refractivity contribution < 1.29 is 40.4 Å². The molecule has 2 heterocycles. The van der Waals surface area contributed by atoms with Crippen molar-refractivity contribution in [3.8, 4) is 11.6 Å². The van der Waals surface area contributed by atoms with E-state index in [9.17, 15) is 36.5 Å². The maximum atomic E-state index is 14.6. The van der Waals surface area contributed by atoms with Crippen LogP contribution in [0.5, 0.6) is 0 Å². The molecule has 0 amide bonds. The number of halogens is 6. The molecule has 1 fully saturated rings. The van der Waals surface area contributed by atoms with Crippen LogP contribution in [-0.4, -0.2) is 32.3 Å². The minimum absolute atomic E-state index is 0.0459. The molecule has 3 aromatic rings. The second kappa shape index (κ2) is 12.5. The fourth-order valence-corrected chi connectivity index (χ4v) is 4.52. The molecule has 1 N–H and O–H groups in total. The normalized spacial score (nSPS) is 15.9. The van der Waals surface area contributed by atoms with Crippen LogP contribution < -0.4 is 5.32 Å². The molecule has 15 heteroatoms. The van der Waals surface area contributed by atoms with Crippen molar-refractivity contribution in [1.82, 2.24) is 15.2 Å². The van der Waals surface area contributed by atoms with Gasteiger partial charge in [-0.3, -0.25) is 10.1 Å². The molecule has 0 bridgehead atoms. The van der Waals surface area contributed by atoms with Gasteiger partial charge in [-0.1, -0.05) is 42.5 Å².